The Morgan fingerprint density at radius 2 is 1.91 bits per heavy atom. The molecule has 2 aliphatic rings. The van der Waals surface area contributed by atoms with E-state index in [4.69, 9.17) is 5.10 Å². The summed E-state index contributed by atoms with van der Waals surface area (Å²) < 4.78 is 16.8. The fourth-order valence-electron chi connectivity index (χ4n) is 5.49. The Balaban J connectivity index is 1.27. The second kappa shape index (κ2) is 7.50. The Morgan fingerprint density at radius 1 is 1.09 bits per heavy atom. The zero-order chi connectivity index (χ0) is 22.7. The SMILES string of the molecule is CCC1CC(C(=O)Nc2cn3nc(-c4cn(C)nc4-c4ccc(F)cc4)ccc3n2)C2CC12. The first-order valence-electron chi connectivity index (χ1n) is 11.5. The summed E-state index contributed by atoms with van der Waals surface area (Å²) in [5, 5.41) is 12.3. The number of benzene rings is 1. The largest absolute Gasteiger partial charge is 0.309 e. The van der Waals surface area contributed by atoms with Crippen molar-refractivity contribution in [1.82, 2.24) is 24.4 Å². The lowest BCUT2D eigenvalue weighted by Crippen LogP contribution is -2.23. The Bertz CT molecular complexity index is 1360. The highest BCUT2D eigenvalue weighted by molar-refractivity contribution is 5.92. The number of imidazole rings is 1. The van der Waals surface area contributed by atoms with E-state index in [-0.39, 0.29) is 17.6 Å². The average Bonchev–Trinajstić information content (AvgIpc) is 3.15. The Hall–Kier alpha value is -3.55. The van der Waals surface area contributed by atoms with Crippen LogP contribution in [0.3, 0.4) is 0 Å². The molecular weight excluding hydrogens is 419 g/mol. The molecule has 0 spiro atoms. The van der Waals surface area contributed by atoms with Crippen molar-refractivity contribution in [1.29, 1.82) is 0 Å². The van der Waals surface area contributed by atoms with Crippen LogP contribution in [-0.4, -0.2) is 30.3 Å². The van der Waals surface area contributed by atoms with Gasteiger partial charge in [0.15, 0.2) is 11.5 Å². The highest BCUT2D eigenvalue weighted by Crippen LogP contribution is 2.59. The van der Waals surface area contributed by atoms with Crippen molar-refractivity contribution in [3.63, 3.8) is 0 Å². The third-order valence-electron chi connectivity index (χ3n) is 7.23. The van der Waals surface area contributed by atoms with Crippen molar-refractivity contribution in [2.24, 2.45) is 30.7 Å². The zero-order valence-electron chi connectivity index (χ0n) is 18.6. The highest BCUT2D eigenvalue weighted by Gasteiger charge is 2.55. The number of fused-ring (bicyclic) bond motifs is 2. The molecule has 2 aliphatic carbocycles. The summed E-state index contributed by atoms with van der Waals surface area (Å²) in [6, 6.07) is 10.0. The minimum absolute atomic E-state index is 0.0768. The van der Waals surface area contributed by atoms with E-state index in [0.717, 1.165) is 35.6 Å². The smallest absolute Gasteiger partial charge is 0.228 e. The summed E-state index contributed by atoms with van der Waals surface area (Å²) in [5.74, 6) is 2.38. The molecule has 3 heterocycles. The molecule has 0 saturated heterocycles. The Morgan fingerprint density at radius 3 is 2.67 bits per heavy atom. The molecular formula is C25H25FN6O. The normalized spacial score (nSPS) is 23.6. The van der Waals surface area contributed by atoms with E-state index < -0.39 is 0 Å². The molecule has 1 N–H and O–H groups in total. The molecule has 0 bridgehead atoms. The van der Waals surface area contributed by atoms with Crippen LogP contribution in [0.15, 0.2) is 48.8 Å². The third-order valence-corrected chi connectivity index (χ3v) is 7.23. The lowest BCUT2D eigenvalue weighted by atomic mass is 9.95. The first-order chi connectivity index (χ1) is 16.0. The van der Waals surface area contributed by atoms with Crippen molar-refractivity contribution in [3.8, 4) is 22.5 Å². The summed E-state index contributed by atoms with van der Waals surface area (Å²) in [7, 11) is 1.84. The predicted molar refractivity (Wildman–Crippen MR) is 123 cm³/mol. The summed E-state index contributed by atoms with van der Waals surface area (Å²) in [4.78, 5) is 17.4. The number of hydrogen-bond donors (Lipinski definition) is 1. The number of rotatable bonds is 5. The molecule has 6 rings (SSSR count). The van der Waals surface area contributed by atoms with Crippen molar-refractivity contribution < 1.29 is 9.18 Å². The fraction of sp³-hybridized carbons (Fsp3) is 0.360. The molecule has 2 fully saturated rings. The lowest BCUT2D eigenvalue weighted by Gasteiger charge is -2.13. The van der Waals surface area contributed by atoms with Crippen LogP contribution in [0.5, 0.6) is 0 Å². The van der Waals surface area contributed by atoms with Crippen LogP contribution < -0.4 is 5.32 Å². The average molecular weight is 445 g/mol. The van der Waals surface area contributed by atoms with Crippen LogP contribution in [0.2, 0.25) is 0 Å². The van der Waals surface area contributed by atoms with E-state index in [1.807, 2.05) is 25.4 Å². The number of carbonyl (C=O) groups is 1. The van der Waals surface area contributed by atoms with Gasteiger partial charge in [0.2, 0.25) is 5.91 Å². The molecule has 0 aliphatic heterocycles. The van der Waals surface area contributed by atoms with Gasteiger partial charge in [-0.1, -0.05) is 13.3 Å². The molecule has 4 atom stereocenters. The van der Waals surface area contributed by atoms with Gasteiger partial charge < -0.3 is 5.32 Å². The number of amides is 1. The van der Waals surface area contributed by atoms with Gasteiger partial charge in [-0.05, 0) is 67.0 Å². The van der Waals surface area contributed by atoms with Gasteiger partial charge in [0, 0.05) is 30.3 Å². The Kier molecular flexibility index (Phi) is 4.57. The fourth-order valence-corrected chi connectivity index (χ4v) is 5.49. The molecule has 1 amide bonds. The monoisotopic (exact) mass is 444 g/mol. The van der Waals surface area contributed by atoms with Gasteiger partial charge in [-0.15, -0.1) is 0 Å². The molecule has 0 radical (unpaired) electrons. The van der Waals surface area contributed by atoms with Gasteiger partial charge in [0.1, 0.15) is 11.5 Å². The van der Waals surface area contributed by atoms with Gasteiger partial charge in [-0.25, -0.2) is 13.9 Å². The molecule has 2 saturated carbocycles. The van der Waals surface area contributed by atoms with E-state index >= 15 is 0 Å². The summed E-state index contributed by atoms with van der Waals surface area (Å²) >= 11 is 0. The Labute approximate surface area is 190 Å². The van der Waals surface area contributed by atoms with Crippen LogP contribution in [-0.2, 0) is 11.8 Å². The molecule has 8 heteroatoms. The molecule has 4 aromatic rings. The standard InChI is InChI=1S/C25H25FN6O/c1-3-14-10-19(18-11-17(14)18)25(33)28-22-13-32-23(27-22)9-8-21(29-32)20-12-31(2)30-24(20)15-4-6-16(26)7-5-15/h4-9,12-14,17-19H,3,10-11H2,1-2H3,(H,28,33). The predicted octanol–water partition coefficient (Wildman–Crippen LogP) is 4.56. The first-order valence-corrected chi connectivity index (χ1v) is 11.5. The second-order valence-electron chi connectivity index (χ2n) is 9.28. The van der Waals surface area contributed by atoms with Crippen LogP contribution >= 0.6 is 0 Å². The van der Waals surface area contributed by atoms with Gasteiger partial charge in [-0.3, -0.25) is 9.48 Å². The number of halogens is 1. The lowest BCUT2D eigenvalue weighted by molar-refractivity contribution is -0.120. The number of aromatic nitrogens is 5. The van der Waals surface area contributed by atoms with Gasteiger partial charge in [0.25, 0.3) is 0 Å². The van der Waals surface area contributed by atoms with Crippen LogP contribution in [0.1, 0.15) is 26.2 Å². The zero-order valence-corrected chi connectivity index (χ0v) is 18.6. The van der Waals surface area contributed by atoms with Gasteiger partial charge in [0.05, 0.1) is 11.9 Å². The van der Waals surface area contributed by atoms with Crippen molar-refractivity contribution in [2.75, 3.05) is 5.32 Å². The maximum absolute atomic E-state index is 13.4. The minimum atomic E-state index is -0.288. The second-order valence-corrected chi connectivity index (χ2v) is 9.28. The first kappa shape index (κ1) is 20.1. The minimum Gasteiger partial charge on any atom is -0.309 e. The molecule has 4 unspecified atom stereocenters. The summed E-state index contributed by atoms with van der Waals surface area (Å²) in [5.41, 5.74) is 3.74. The van der Waals surface area contributed by atoms with Gasteiger partial charge >= 0.3 is 0 Å². The van der Waals surface area contributed by atoms with Gasteiger partial charge in [-0.2, -0.15) is 10.2 Å². The quantitative estimate of drug-likeness (QED) is 0.490. The third kappa shape index (κ3) is 3.50. The van der Waals surface area contributed by atoms with E-state index in [0.29, 0.717) is 29.0 Å². The number of hydrogen-bond acceptors (Lipinski definition) is 4. The number of nitrogens with one attached hydrogen (secondary N) is 1. The summed E-state index contributed by atoms with van der Waals surface area (Å²) in [6.45, 7) is 2.22. The molecule has 168 valence electrons. The maximum atomic E-state index is 13.4. The van der Waals surface area contributed by atoms with Crippen LogP contribution in [0.4, 0.5) is 10.2 Å². The number of aryl methyl sites for hydroxylation is 1. The van der Waals surface area contributed by atoms with E-state index in [1.54, 1.807) is 27.5 Å². The highest BCUT2D eigenvalue weighted by atomic mass is 19.1. The molecule has 3 aromatic heterocycles. The van der Waals surface area contributed by atoms with Crippen LogP contribution in [0, 0.1) is 29.5 Å². The number of carbonyl (C=O) groups excluding carboxylic acids is 1. The van der Waals surface area contributed by atoms with E-state index in [2.05, 4.69) is 22.3 Å². The number of nitrogens with zero attached hydrogens (tertiary/aromatic N) is 5. The molecule has 1 aromatic carbocycles. The van der Waals surface area contributed by atoms with E-state index in [1.165, 1.54) is 18.6 Å². The topological polar surface area (TPSA) is 77.1 Å². The van der Waals surface area contributed by atoms with Crippen molar-refractivity contribution >= 4 is 17.4 Å². The van der Waals surface area contributed by atoms with Crippen molar-refractivity contribution in [3.05, 3.63) is 54.6 Å². The summed E-state index contributed by atoms with van der Waals surface area (Å²) in [6.07, 6.45) is 6.97. The molecule has 33 heavy (non-hydrogen) atoms. The van der Waals surface area contributed by atoms with Crippen molar-refractivity contribution in [2.45, 2.75) is 26.2 Å². The van der Waals surface area contributed by atoms with Crippen LogP contribution in [0.25, 0.3) is 28.2 Å². The number of anilines is 1. The maximum Gasteiger partial charge on any atom is 0.228 e. The van der Waals surface area contributed by atoms with E-state index in [9.17, 15) is 9.18 Å². The molecule has 7 nitrogen and oxygen atoms in total.